The fraction of sp³-hybridized carbons (Fsp3) is 0.130. The molecule has 0 fully saturated rings. The maximum absolute atomic E-state index is 13.3. The molecule has 0 spiro atoms. The Morgan fingerprint density at radius 3 is 1.78 bits per heavy atom. The van der Waals surface area contributed by atoms with E-state index in [0.29, 0.717) is 31.9 Å². The Bertz CT molecular complexity index is 1180. The normalized spacial score (nSPS) is 11.4. The smallest absolute Gasteiger partial charge is 0.231 e. The van der Waals surface area contributed by atoms with Gasteiger partial charge in [-0.15, -0.1) is 0 Å². The molecule has 0 saturated heterocycles. The Morgan fingerprint density at radius 2 is 1.28 bits per heavy atom. The van der Waals surface area contributed by atoms with Crippen LogP contribution in [0.3, 0.4) is 0 Å². The minimum atomic E-state index is -4.02. The Balaban J connectivity index is 1.80. The van der Waals surface area contributed by atoms with Crippen LogP contribution in [0.5, 0.6) is 0 Å². The molecule has 3 aromatic carbocycles. The topological polar surface area (TPSA) is 80.3 Å². The van der Waals surface area contributed by atoms with Crippen molar-refractivity contribution in [2.75, 3.05) is 11.1 Å². The van der Waals surface area contributed by atoms with Crippen molar-refractivity contribution in [3.8, 4) is 0 Å². The van der Waals surface area contributed by atoms with Gasteiger partial charge in [-0.05, 0) is 47.5 Å². The highest BCUT2D eigenvalue weighted by Gasteiger charge is 2.31. The zero-order valence-corrected chi connectivity index (χ0v) is 19.7. The van der Waals surface area contributed by atoms with Gasteiger partial charge in [0.2, 0.25) is 5.91 Å². The number of hydrogen-bond acceptors (Lipinski definition) is 4. The first kappa shape index (κ1) is 24.3. The number of nitrogens with one attached hydrogen (secondary N) is 1. The van der Waals surface area contributed by atoms with Crippen molar-refractivity contribution < 1.29 is 18.0 Å². The summed E-state index contributed by atoms with van der Waals surface area (Å²) in [7, 11) is -4.02. The summed E-state index contributed by atoms with van der Waals surface area (Å²) < 4.78 is 26.5. The van der Waals surface area contributed by atoms with E-state index >= 15 is 0 Å². The quantitative estimate of drug-likeness (QED) is 0.391. The van der Waals surface area contributed by atoms with E-state index < -0.39 is 39.0 Å². The number of carbonyl (C=O) groups is 2. The molecule has 0 heterocycles. The third-order valence-electron chi connectivity index (χ3n) is 4.57. The van der Waals surface area contributed by atoms with E-state index in [1.807, 2.05) is 0 Å². The fourth-order valence-electron chi connectivity index (χ4n) is 3.18. The number of sulfone groups is 1. The average molecular weight is 511 g/mol. The molecule has 9 heteroatoms. The van der Waals surface area contributed by atoms with Crippen LogP contribution >= 0.6 is 34.8 Å². The minimum Gasteiger partial charge on any atom is -0.324 e. The highest BCUT2D eigenvalue weighted by Crippen LogP contribution is 2.32. The van der Waals surface area contributed by atoms with E-state index in [4.69, 9.17) is 34.8 Å². The molecule has 0 unspecified atom stereocenters. The summed E-state index contributed by atoms with van der Waals surface area (Å²) in [6, 6.07) is 19.2. The lowest BCUT2D eigenvalue weighted by Crippen LogP contribution is -2.26. The minimum absolute atomic E-state index is 0.312. The van der Waals surface area contributed by atoms with Gasteiger partial charge in [0.05, 0.1) is 17.1 Å². The number of Topliss-reactive ketones (excluding diaryl/α,β-unsaturated/α-hetero) is 1. The number of para-hydroxylation sites is 1. The molecule has 0 aromatic heterocycles. The molecule has 0 aliphatic rings. The lowest BCUT2D eigenvalue weighted by Gasteiger charge is -2.19. The van der Waals surface area contributed by atoms with Gasteiger partial charge in [0.15, 0.2) is 15.6 Å². The summed E-state index contributed by atoms with van der Waals surface area (Å²) in [5.74, 6) is -2.19. The lowest BCUT2D eigenvalue weighted by atomic mass is 10.0. The van der Waals surface area contributed by atoms with Crippen LogP contribution in [0, 0.1) is 0 Å². The van der Waals surface area contributed by atoms with E-state index in [1.54, 1.807) is 72.8 Å². The third-order valence-corrected chi connectivity index (χ3v) is 7.39. The molecule has 0 aliphatic heterocycles. The molecule has 0 bridgehead atoms. The number of carbonyl (C=O) groups excluding carboxylic acids is 2. The van der Waals surface area contributed by atoms with E-state index in [9.17, 15) is 18.0 Å². The first-order valence-corrected chi connectivity index (χ1v) is 12.3. The van der Waals surface area contributed by atoms with Crippen LogP contribution in [0.1, 0.15) is 22.8 Å². The average Bonchev–Trinajstić information content (AvgIpc) is 2.72. The second-order valence-electron chi connectivity index (χ2n) is 7.03. The van der Waals surface area contributed by atoms with E-state index in [0.717, 1.165) is 0 Å². The van der Waals surface area contributed by atoms with Crippen molar-refractivity contribution in [2.24, 2.45) is 0 Å². The summed E-state index contributed by atoms with van der Waals surface area (Å²) in [4.78, 5) is 24.7. The second kappa shape index (κ2) is 10.5. The summed E-state index contributed by atoms with van der Waals surface area (Å²) in [5, 5.41) is 2.61. The molecular weight excluding hydrogens is 493 g/mol. The Hall–Kier alpha value is -2.38. The van der Waals surface area contributed by atoms with Crippen molar-refractivity contribution in [1.82, 2.24) is 0 Å². The molecular formula is C23H18Cl3NO4S. The summed E-state index contributed by atoms with van der Waals surface area (Å²) >= 11 is 17.9. The van der Waals surface area contributed by atoms with Gasteiger partial charge in [-0.2, -0.15) is 0 Å². The molecule has 0 radical (unpaired) electrons. The Kier molecular flexibility index (Phi) is 7.96. The number of hydrogen-bond donors (Lipinski definition) is 1. The molecule has 5 nitrogen and oxygen atoms in total. The van der Waals surface area contributed by atoms with Gasteiger partial charge in [-0.3, -0.25) is 9.59 Å². The molecule has 0 saturated carbocycles. The molecule has 1 amide bonds. The van der Waals surface area contributed by atoms with Gasteiger partial charge in [-0.1, -0.05) is 71.2 Å². The molecule has 0 atom stereocenters. The standard InChI is InChI=1S/C23H18Cl3NO4S/c24-17-9-5-15(6-10-17)23(16-7-11-18(25)12-8-16)32(30,31)14-19(28)13-22(29)27-21-4-2-1-3-20(21)26/h1-12,23H,13-14H2,(H,27,29). The maximum atomic E-state index is 13.3. The largest absolute Gasteiger partial charge is 0.324 e. The van der Waals surface area contributed by atoms with Crippen molar-refractivity contribution in [1.29, 1.82) is 0 Å². The van der Waals surface area contributed by atoms with Crippen LogP contribution in [0.25, 0.3) is 0 Å². The molecule has 166 valence electrons. The van der Waals surface area contributed by atoms with Crippen LogP contribution in [-0.4, -0.2) is 25.9 Å². The molecule has 3 aromatic rings. The number of ketones is 1. The molecule has 0 aliphatic carbocycles. The first-order valence-electron chi connectivity index (χ1n) is 9.44. The third kappa shape index (κ3) is 6.33. The van der Waals surface area contributed by atoms with E-state index in [2.05, 4.69) is 5.32 Å². The predicted octanol–water partition coefficient (Wildman–Crippen LogP) is 5.75. The monoisotopic (exact) mass is 509 g/mol. The highest BCUT2D eigenvalue weighted by molar-refractivity contribution is 7.92. The van der Waals surface area contributed by atoms with Gasteiger partial charge in [-0.25, -0.2) is 8.42 Å². The number of anilines is 1. The Morgan fingerprint density at radius 1 is 0.781 bits per heavy atom. The van der Waals surface area contributed by atoms with Gasteiger partial charge >= 0.3 is 0 Å². The van der Waals surface area contributed by atoms with Crippen LogP contribution in [0.4, 0.5) is 5.69 Å². The summed E-state index contributed by atoms with van der Waals surface area (Å²) in [6.07, 6.45) is -0.599. The maximum Gasteiger partial charge on any atom is 0.231 e. The van der Waals surface area contributed by atoms with Crippen molar-refractivity contribution in [3.63, 3.8) is 0 Å². The van der Waals surface area contributed by atoms with Crippen molar-refractivity contribution in [3.05, 3.63) is 99.0 Å². The van der Waals surface area contributed by atoms with Crippen molar-refractivity contribution >= 4 is 62.0 Å². The number of halogens is 3. The van der Waals surface area contributed by atoms with Crippen molar-refractivity contribution in [2.45, 2.75) is 11.7 Å². The van der Waals surface area contributed by atoms with E-state index in [1.165, 1.54) is 0 Å². The zero-order chi connectivity index (χ0) is 23.3. The van der Waals surface area contributed by atoms with Crippen LogP contribution in [0.15, 0.2) is 72.8 Å². The van der Waals surface area contributed by atoms with Gasteiger partial charge < -0.3 is 5.32 Å². The van der Waals surface area contributed by atoms with Crippen LogP contribution in [-0.2, 0) is 19.4 Å². The first-order chi connectivity index (χ1) is 15.2. The second-order valence-corrected chi connectivity index (χ2v) is 10.4. The van der Waals surface area contributed by atoms with Gasteiger partial charge in [0.25, 0.3) is 0 Å². The number of amides is 1. The lowest BCUT2D eigenvalue weighted by molar-refractivity contribution is -0.124. The van der Waals surface area contributed by atoms with Gasteiger partial charge in [0.1, 0.15) is 11.0 Å². The van der Waals surface area contributed by atoms with E-state index in [-0.39, 0.29) is 0 Å². The Labute approximate surface area is 201 Å². The summed E-state index contributed by atoms with van der Waals surface area (Å²) in [5.41, 5.74) is 1.24. The van der Waals surface area contributed by atoms with Crippen LogP contribution < -0.4 is 5.32 Å². The van der Waals surface area contributed by atoms with Gasteiger partial charge in [0, 0.05) is 10.0 Å². The predicted molar refractivity (Wildman–Crippen MR) is 128 cm³/mol. The number of benzene rings is 3. The molecule has 3 rings (SSSR count). The highest BCUT2D eigenvalue weighted by atomic mass is 35.5. The fourth-order valence-corrected chi connectivity index (χ4v) is 5.47. The summed E-state index contributed by atoms with van der Waals surface area (Å²) in [6.45, 7) is 0. The number of rotatable bonds is 8. The zero-order valence-electron chi connectivity index (χ0n) is 16.6. The molecule has 1 N–H and O–H groups in total. The van der Waals surface area contributed by atoms with Crippen LogP contribution in [0.2, 0.25) is 15.1 Å². The molecule has 32 heavy (non-hydrogen) atoms. The SMILES string of the molecule is O=C(CC(=O)Nc1ccccc1Cl)CS(=O)(=O)C(c1ccc(Cl)cc1)c1ccc(Cl)cc1.